The molecule has 3 atom stereocenters. The van der Waals surface area contributed by atoms with E-state index >= 15 is 0 Å². The Balaban J connectivity index is 2.03. The molecule has 0 saturated carbocycles. The Hall–Kier alpha value is -4.05. The lowest BCUT2D eigenvalue weighted by Crippen LogP contribution is -2.30. The highest BCUT2D eigenvalue weighted by Gasteiger charge is 2.34. The molecule has 0 fully saturated rings. The number of aliphatic hydroxyl groups excluding tert-OH is 1. The van der Waals surface area contributed by atoms with Crippen LogP contribution in [0.25, 0.3) is 16.5 Å². The quantitative estimate of drug-likeness (QED) is 0.237. The maximum absolute atomic E-state index is 13.0. The van der Waals surface area contributed by atoms with Crippen molar-refractivity contribution in [3.05, 3.63) is 53.6 Å². The van der Waals surface area contributed by atoms with E-state index in [0.29, 0.717) is 11.3 Å². The molecule has 210 valence electrons. The number of aliphatic hydroxyl groups is 1. The van der Waals surface area contributed by atoms with Crippen molar-refractivity contribution >= 4 is 28.7 Å². The number of nitrogens with zero attached hydrogens (tertiary/aromatic N) is 1. The Kier molecular flexibility index (Phi) is 9.95. The summed E-state index contributed by atoms with van der Waals surface area (Å²) in [6, 6.07) is 13.0. The van der Waals surface area contributed by atoms with E-state index in [2.05, 4.69) is 0 Å². The molecule has 0 aliphatic carbocycles. The maximum Gasteiger partial charge on any atom is 0.309 e. The summed E-state index contributed by atoms with van der Waals surface area (Å²) in [6.07, 6.45) is -0.282. The van der Waals surface area contributed by atoms with Gasteiger partial charge < -0.3 is 29.9 Å². The molecule has 2 aromatic carbocycles. The van der Waals surface area contributed by atoms with Gasteiger partial charge in [0.2, 0.25) is 11.8 Å². The lowest BCUT2D eigenvalue weighted by molar-refractivity contribution is -0.154. The van der Waals surface area contributed by atoms with Crippen LogP contribution in [0.2, 0.25) is 0 Å². The number of esters is 2. The predicted octanol–water partition coefficient (Wildman–Crippen LogP) is 3.72. The fraction of sp³-hybridized carbons (Fsp3) is 0.414. The molecule has 0 aliphatic heterocycles. The van der Waals surface area contributed by atoms with Gasteiger partial charge in [-0.3, -0.25) is 19.0 Å². The summed E-state index contributed by atoms with van der Waals surface area (Å²) in [7, 11) is 0. The molecular formula is C29H35NO9. The van der Waals surface area contributed by atoms with Crippen LogP contribution >= 0.6 is 0 Å². The number of fused-ring (bicyclic) bond motifs is 1. The van der Waals surface area contributed by atoms with Crippen LogP contribution in [0.4, 0.5) is 0 Å². The Morgan fingerprint density at radius 1 is 0.923 bits per heavy atom. The van der Waals surface area contributed by atoms with Gasteiger partial charge in [-0.1, -0.05) is 43.3 Å². The van der Waals surface area contributed by atoms with Crippen LogP contribution in [0.1, 0.15) is 37.8 Å². The smallest absolute Gasteiger partial charge is 0.309 e. The first-order valence-electron chi connectivity index (χ1n) is 12.9. The van der Waals surface area contributed by atoms with Gasteiger partial charge in [-0.15, -0.1) is 0 Å². The molecule has 0 radical (unpaired) electrons. The topological polar surface area (TPSA) is 156 Å². The number of carboxylic acids is 1. The molecule has 0 amide bonds. The Bertz CT molecular complexity index is 1320. The van der Waals surface area contributed by atoms with Crippen molar-refractivity contribution in [1.82, 2.24) is 4.57 Å². The van der Waals surface area contributed by atoms with E-state index in [1.807, 2.05) is 30.3 Å². The molecule has 1 heterocycles. The number of ether oxygens (including phenoxy) is 2. The number of aromatic hydroxyl groups is 2. The summed E-state index contributed by atoms with van der Waals surface area (Å²) in [6.45, 7) is 4.11. The molecule has 10 nitrogen and oxygen atoms in total. The van der Waals surface area contributed by atoms with E-state index in [1.54, 1.807) is 26.0 Å². The summed E-state index contributed by atoms with van der Waals surface area (Å²) in [5, 5.41) is 42.6. The van der Waals surface area contributed by atoms with Crippen molar-refractivity contribution < 1.29 is 44.3 Å². The predicted molar refractivity (Wildman–Crippen MR) is 143 cm³/mol. The van der Waals surface area contributed by atoms with Crippen LogP contribution in [0.15, 0.2) is 42.5 Å². The zero-order chi connectivity index (χ0) is 28.7. The van der Waals surface area contributed by atoms with Crippen molar-refractivity contribution in [3.8, 4) is 17.4 Å². The van der Waals surface area contributed by atoms with E-state index in [4.69, 9.17) is 14.6 Å². The molecule has 0 aliphatic rings. The number of benzene rings is 2. The summed E-state index contributed by atoms with van der Waals surface area (Å²) >= 11 is 0. The van der Waals surface area contributed by atoms with Crippen molar-refractivity contribution in [3.63, 3.8) is 0 Å². The van der Waals surface area contributed by atoms with Crippen molar-refractivity contribution in [2.24, 2.45) is 17.8 Å². The largest absolute Gasteiger partial charge is 0.494 e. The van der Waals surface area contributed by atoms with Gasteiger partial charge in [0.1, 0.15) is 6.61 Å². The summed E-state index contributed by atoms with van der Waals surface area (Å²) in [5.74, 6) is -5.73. The molecule has 3 rings (SSSR count). The lowest BCUT2D eigenvalue weighted by Gasteiger charge is -2.23. The molecule has 3 aromatic rings. The van der Waals surface area contributed by atoms with Gasteiger partial charge in [0.25, 0.3) is 0 Å². The number of carbonyl (C=O) groups excluding carboxylic acids is 2. The van der Waals surface area contributed by atoms with Crippen LogP contribution < -0.4 is 0 Å². The van der Waals surface area contributed by atoms with E-state index in [9.17, 15) is 29.7 Å². The van der Waals surface area contributed by atoms with Crippen LogP contribution in [-0.4, -0.2) is 62.7 Å². The van der Waals surface area contributed by atoms with Gasteiger partial charge in [-0.25, -0.2) is 0 Å². The average molecular weight is 542 g/mol. The second-order valence-corrected chi connectivity index (χ2v) is 9.54. The average Bonchev–Trinajstić information content (AvgIpc) is 3.12. The van der Waals surface area contributed by atoms with Crippen LogP contribution in [0, 0.1) is 24.7 Å². The second-order valence-electron chi connectivity index (χ2n) is 9.54. The van der Waals surface area contributed by atoms with Gasteiger partial charge in [0, 0.05) is 16.5 Å². The minimum atomic E-state index is -1.09. The molecule has 0 bridgehead atoms. The zero-order valence-electron chi connectivity index (χ0n) is 22.3. The van der Waals surface area contributed by atoms with Crippen LogP contribution in [0.5, 0.6) is 11.8 Å². The standard InChI is InChI=1S/C29H35NO9/c1-4-38-28(36)20(14-17(2)27(34)35)15-21(29(37)39-13-12-31)16-23-18(3)25(32)30(26(23)33)24-11-7-9-19-8-5-6-10-22(19)24/h5-11,17,20-21,31-33H,4,12-16H2,1-3H3,(H,34,35). The van der Waals surface area contributed by atoms with Crippen LogP contribution in [0.3, 0.4) is 0 Å². The highest BCUT2D eigenvalue weighted by molar-refractivity contribution is 5.91. The van der Waals surface area contributed by atoms with E-state index in [-0.39, 0.29) is 49.8 Å². The summed E-state index contributed by atoms with van der Waals surface area (Å²) in [5.41, 5.74) is 1.16. The van der Waals surface area contributed by atoms with Crippen molar-refractivity contribution in [2.75, 3.05) is 19.8 Å². The van der Waals surface area contributed by atoms with E-state index < -0.39 is 42.3 Å². The third-order valence-electron chi connectivity index (χ3n) is 6.86. The molecule has 0 spiro atoms. The minimum absolute atomic E-state index is 0.0643. The highest BCUT2D eigenvalue weighted by Crippen LogP contribution is 2.40. The SMILES string of the molecule is CCOC(=O)C(CC(C)C(=O)O)CC(Cc1c(C)c(O)n(-c2cccc3ccccc23)c1O)C(=O)OCCO. The van der Waals surface area contributed by atoms with Gasteiger partial charge in [0.15, 0.2) is 0 Å². The van der Waals surface area contributed by atoms with Gasteiger partial charge in [-0.05, 0) is 44.6 Å². The fourth-order valence-electron chi connectivity index (χ4n) is 4.77. The molecule has 39 heavy (non-hydrogen) atoms. The van der Waals surface area contributed by atoms with Gasteiger partial charge in [-0.2, -0.15) is 0 Å². The zero-order valence-corrected chi connectivity index (χ0v) is 22.3. The number of hydrogen-bond acceptors (Lipinski definition) is 8. The lowest BCUT2D eigenvalue weighted by atomic mass is 9.84. The molecular weight excluding hydrogens is 506 g/mol. The minimum Gasteiger partial charge on any atom is -0.494 e. The van der Waals surface area contributed by atoms with Crippen molar-refractivity contribution in [1.29, 1.82) is 0 Å². The fourth-order valence-corrected chi connectivity index (χ4v) is 4.77. The first-order valence-corrected chi connectivity index (χ1v) is 12.9. The number of carbonyl (C=O) groups is 3. The monoisotopic (exact) mass is 541 g/mol. The third kappa shape index (κ3) is 6.69. The first kappa shape index (κ1) is 29.5. The number of hydrogen-bond donors (Lipinski definition) is 4. The Morgan fingerprint density at radius 2 is 1.59 bits per heavy atom. The Morgan fingerprint density at radius 3 is 2.26 bits per heavy atom. The van der Waals surface area contributed by atoms with Gasteiger partial charge in [0.05, 0.1) is 36.7 Å². The van der Waals surface area contributed by atoms with Gasteiger partial charge >= 0.3 is 17.9 Å². The first-order chi connectivity index (χ1) is 18.6. The number of aliphatic carboxylic acids is 1. The van der Waals surface area contributed by atoms with E-state index in [0.717, 1.165) is 10.8 Å². The summed E-state index contributed by atoms with van der Waals surface area (Å²) in [4.78, 5) is 37.3. The summed E-state index contributed by atoms with van der Waals surface area (Å²) < 4.78 is 11.6. The Labute approximate surface area is 226 Å². The molecule has 4 N–H and O–H groups in total. The normalized spacial score (nSPS) is 13.5. The third-order valence-corrected chi connectivity index (χ3v) is 6.86. The van der Waals surface area contributed by atoms with Crippen LogP contribution in [-0.2, 0) is 30.3 Å². The van der Waals surface area contributed by atoms with Crippen molar-refractivity contribution in [2.45, 2.75) is 40.0 Å². The highest BCUT2D eigenvalue weighted by atomic mass is 16.5. The number of carboxylic acid groups (broad SMARTS) is 1. The molecule has 10 heteroatoms. The maximum atomic E-state index is 13.0. The molecule has 1 aromatic heterocycles. The molecule has 3 unspecified atom stereocenters. The van der Waals surface area contributed by atoms with E-state index in [1.165, 1.54) is 11.5 Å². The second kappa shape index (κ2) is 13.1. The number of rotatable bonds is 13. The molecule has 0 saturated heterocycles. The number of aromatic nitrogens is 1.